The van der Waals surface area contributed by atoms with Crippen LogP contribution in [0, 0.1) is 11.6 Å². The SMILES string of the molecule is CCc1csc(NCCc2cc(F)cc(F)c2)n1. The number of nitrogens with zero attached hydrogens (tertiary/aromatic N) is 1. The highest BCUT2D eigenvalue weighted by atomic mass is 32.1. The maximum Gasteiger partial charge on any atom is 0.182 e. The summed E-state index contributed by atoms with van der Waals surface area (Å²) in [6.07, 6.45) is 1.48. The normalized spacial score (nSPS) is 10.6. The number of anilines is 1. The van der Waals surface area contributed by atoms with Crippen LogP contribution in [0.25, 0.3) is 0 Å². The van der Waals surface area contributed by atoms with E-state index in [1.54, 1.807) is 11.3 Å². The Bertz CT molecular complexity index is 505. The number of hydrogen-bond donors (Lipinski definition) is 1. The largest absolute Gasteiger partial charge is 0.361 e. The van der Waals surface area contributed by atoms with Crippen molar-refractivity contribution >= 4 is 16.5 Å². The number of aromatic nitrogens is 1. The first-order valence-corrected chi connectivity index (χ1v) is 6.68. The highest BCUT2D eigenvalue weighted by Crippen LogP contribution is 2.16. The van der Waals surface area contributed by atoms with E-state index in [1.807, 2.05) is 12.3 Å². The molecule has 0 saturated carbocycles. The molecule has 0 unspecified atom stereocenters. The predicted molar refractivity (Wildman–Crippen MR) is 70.0 cm³/mol. The fourth-order valence-electron chi connectivity index (χ4n) is 1.62. The maximum atomic E-state index is 13.0. The van der Waals surface area contributed by atoms with Crippen LogP contribution in [0.4, 0.5) is 13.9 Å². The molecular weight excluding hydrogens is 254 g/mol. The van der Waals surface area contributed by atoms with Crippen LogP contribution in [-0.2, 0) is 12.8 Å². The minimum absolute atomic E-state index is 0.535. The van der Waals surface area contributed by atoms with Crippen molar-refractivity contribution in [1.29, 1.82) is 0 Å². The smallest absolute Gasteiger partial charge is 0.182 e. The van der Waals surface area contributed by atoms with Crippen molar-refractivity contribution in [2.75, 3.05) is 11.9 Å². The van der Waals surface area contributed by atoms with Crippen LogP contribution in [0.2, 0.25) is 0 Å². The van der Waals surface area contributed by atoms with Crippen LogP contribution < -0.4 is 5.32 Å². The summed E-state index contributed by atoms with van der Waals surface area (Å²) in [7, 11) is 0. The van der Waals surface area contributed by atoms with Gasteiger partial charge in [0.1, 0.15) is 11.6 Å². The topological polar surface area (TPSA) is 24.9 Å². The molecular formula is C13H14F2N2S. The minimum atomic E-state index is -0.535. The van der Waals surface area contributed by atoms with Crippen LogP contribution in [0.15, 0.2) is 23.6 Å². The molecule has 2 nitrogen and oxygen atoms in total. The molecule has 0 amide bonds. The summed E-state index contributed by atoms with van der Waals surface area (Å²) in [5, 5.41) is 6.00. The van der Waals surface area contributed by atoms with E-state index in [0.29, 0.717) is 18.5 Å². The molecule has 0 fully saturated rings. The van der Waals surface area contributed by atoms with Crippen LogP contribution in [0.3, 0.4) is 0 Å². The lowest BCUT2D eigenvalue weighted by Crippen LogP contribution is -2.05. The number of rotatable bonds is 5. The lowest BCUT2D eigenvalue weighted by atomic mass is 10.1. The van der Waals surface area contributed by atoms with E-state index in [4.69, 9.17) is 0 Å². The van der Waals surface area contributed by atoms with Gasteiger partial charge in [-0.2, -0.15) is 0 Å². The first kappa shape index (κ1) is 13.0. The molecule has 0 spiro atoms. The lowest BCUT2D eigenvalue weighted by Gasteiger charge is -2.03. The fourth-order valence-corrected chi connectivity index (χ4v) is 2.44. The molecule has 1 N–H and O–H groups in total. The van der Waals surface area contributed by atoms with Gasteiger partial charge in [0.15, 0.2) is 5.13 Å². The van der Waals surface area contributed by atoms with E-state index in [0.717, 1.165) is 23.3 Å². The summed E-state index contributed by atoms with van der Waals surface area (Å²) in [4.78, 5) is 4.35. The number of thiazole rings is 1. The van der Waals surface area contributed by atoms with Gasteiger partial charge in [0.05, 0.1) is 5.69 Å². The summed E-state index contributed by atoms with van der Waals surface area (Å²) in [6, 6.07) is 3.58. The Morgan fingerprint density at radius 2 is 1.94 bits per heavy atom. The second-order valence-corrected chi connectivity index (χ2v) is 4.81. The van der Waals surface area contributed by atoms with Gasteiger partial charge >= 0.3 is 0 Å². The lowest BCUT2D eigenvalue weighted by molar-refractivity contribution is 0.580. The summed E-state index contributed by atoms with van der Waals surface area (Å²) >= 11 is 1.55. The van der Waals surface area contributed by atoms with E-state index in [-0.39, 0.29) is 0 Å². The highest BCUT2D eigenvalue weighted by molar-refractivity contribution is 7.13. The van der Waals surface area contributed by atoms with Gasteiger partial charge < -0.3 is 5.32 Å². The van der Waals surface area contributed by atoms with Crippen molar-refractivity contribution < 1.29 is 8.78 Å². The molecule has 0 aliphatic rings. The van der Waals surface area contributed by atoms with E-state index in [1.165, 1.54) is 12.1 Å². The minimum Gasteiger partial charge on any atom is -0.361 e. The van der Waals surface area contributed by atoms with Crippen molar-refractivity contribution in [2.45, 2.75) is 19.8 Å². The third kappa shape index (κ3) is 3.50. The number of halogens is 2. The quantitative estimate of drug-likeness (QED) is 0.895. The molecule has 1 aromatic carbocycles. The predicted octanol–water partition coefficient (Wildman–Crippen LogP) is 3.64. The second kappa shape index (κ2) is 5.91. The van der Waals surface area contributed by atoms with E-state index >= 15 is 0 Å². The average Bonchev–Trinajstić information content (AvgIpc) is 2.76. The maximum absolute atomic E-state index is 13.0. The van der Waals surface area contributed by atoms with Gasteiger partial charge in [-0.3, -0.25) is 0 Å². The Labute approximate surface area is 109 Å². The standard InChI is InChI=1S/C13H14F2N2S/c1-2-12-8-18-13(17-12)16-4-3-9-5-10(14)7-11(15)6-9/h5-8H,2-4H2,1H3,(H,16,17). The Morgan fingerprint density at radius 3 is 2.56 bits per heavy atom. The zero-order chi connectivity index (χ0) is 13.0. The van der Waals surface area contributed by atoms with E-state index < -0.39 is 11.6 Å². The van der Waals surface area contributed by atoms with Crippen LogP contribution >= 0.6 is 11.3 Å². The molecule has 0 aliphatic heterocycles. The monoisotopic (exact) mass is 268 g/mol. The molecule has 2 aromatic rings. The molecule has 18 heavy (non-hydrogen) atoms. The molecule has 96 valence electrons. The van der Waals surface area contributed by atoms with Crippen molar-refractivity contribution in [3.63, 3.8) is 0 Å². The van der Waals surface area contributed by atoms with Crippen molar-refractivity contribution in [3.05, 3.63) is 46.5 Å². The Balaban J connectivity index is 1.88. The first-order valence-electron chi connectivity index (χ1n) is 5.80. The van der Waals surface area contributed by atoms with Crippen LogP contribution in [0.1, 0.15) is 18.2 Å². The fraction of sp³-hybridized carbons (Fsp3) is 0.308. The first-order chi connectivity index (χ1) is 8.67. The Morgan fingerprint density at radius 1 is 1.22 bits per heavy atom. The van der Waals surface area contributed by atoms with Gasteiger partial charge in [-0.1, -0.05) is 6.92 Å². The van der Waals surface area contributed by atoms with E-state index in [9.17, 15) is 8.78 Å². The second-order valence-electron chi connectivity index (χ2n) is 3.95. The van der Waals surface area contributed by atoms with Gasteiger partial charge in [-0.15, -0.1) is 11.3 Å². The van der Waals surface area contributed by atoms with Crippen molar-refractivity contribution in [1.82, 2.24) is 4.98 Å². The van der Waals surface area contributed by atoms with Crippen LogP contribution in [0.5, 0.6) is 0 Å². The Hall–Kier alpha value is -1.49. The number of nitrogens with one attached hydrogen (secondary N) is 1. The molecule has 1 aromatic heterocycles. The molecule has 0 aliphatic carbocycles. The molecule has 1 heterocycles. The van der Waals surface area contributed by atoms with Gasteiger partial charge in [-0.25, -0.2) is 13.8 Å². The number of benzene rings is 1. The van der Waals surface area contributed by atoms with Crippen molar-refractivity contribution in [2.24, 2.45) is 0 Å². The Kier molecular flexibility index (Phi) is 4.25. The van der Waals surface area contributed by atoms with Gasteiger partial charge in [0.25, 0.3) is 0 Å². The molecule has 0 bridgehead atoms. The average molecular weight is 268 g/mol. The number of hydrogen-bond acceptors (Lipinski definition) is 3. The van der Waals surface area contributed by atoms with Gasteiger partial charge in [-0.05, 0) is 30.5 Å². The van der Waals surface area contributed by atoms with Gasteiger partial charge in [0.2, 0.25) is 0 Å². The van der Waals surface area contributed by atoms with Gasteiger partial charge in [0, 0.05) is 18.0 Å². The zero-order valence-electron chi connectivity index (χ0n) is 10.0. The zero-order valence-corrected chi connectivity index (χ0v) is 10.9. The molecule has 0 radical (unpaired) electrons. The molecule has 0 saturated heterocycles. The van der Waals surface area contributed by atoms with Crippen LogP contribution in [-0.4, -0.2) is 11.5 Å². The third-order valence-corrected chi connectivity index (χ3v) is 3.38. The molecule has 5 heteroatoms. The third-order valence-electron chi connectivity index (χ3n) is 2.53. The molecule has 0 atom stereocenters. The molecule has 2 rings (SSSR count). The van der Waals surface area contributed by atoms with E-state index in [2.05, 4.69) is 10.3 Å². The summed E-state index contributed by atoms with van der Waals surface area (Å²) in [6.45, 7) is 2.66. The highest BCUT2D eigenvalue weighted by Gasteiger charge is 2.02. The van der Waals surface area contributed by atoms with Crippen molar-refractivity contribution in [3.8, 4) is 0 Å². The number of aryl methyl sites for hydroxylation is 1. The summed E-state index contributed by atoms with van der Waals surface area (Å²) < 4.78 is 25.9. The summed E-state index contributed by atoms with van der Waals surface area (Å²) in [5.74, 6) is -1.07. The summed E-state index contributed by atoms with van der Waals surface area (Å²) in [5.41, 5.74) is 1.70.